The monoisotopic (exact) mass is 317 g/mol. The Morgan fingerprint density at radius 3 is 2.55 bits per heavy atom. The molecule has 1 heterocycles. The molecule has 0 radical (unpaired) electrons. The SMILES string of the molecule is N#CC[C@@H](c1ccc(OC(F)(F)F)c(F)c1)N1CCNCC1. The molecule has 8 heteroatoms. The smallest absolute Gasteiger partial charge is 0.403 e. The van der Waals surface area contributed by atoms with Gasteiger partial charge < -0.3 is 10.1 Å². The minimum atomic E-state index is -4.94. The summed E-state index contributed by atoms with van der Waals surface area (Å²) in [5.74, 6) is -1.96. The first-order chi connectivity index (χ1) is 10.4. The average molecular weight is 317 g/mol. The second kappa shape index (κ2) is 6.94. The van der Waals surface area contributed by atoms with E-state index < -0.39 is 17.9 Å². The van der Waals surface area contributed by atoms with E-state index in [1.165, 1.54) is 6.07 Å². The van der Waals surface area contributed by atoms with Gasteiger partial charge >= 0.3 is 6.36 Å². The summed E-state index contributed by atoms with van der Waals surface area (Å²) in [5.41, 5.74) is 0.468. The molecular formula is C14H15F4N3O. The molecule has 120 valence electrons. The van der Waals surface area contributed by atoms with Crippen LogP contribution in [0.2, 0.25) is 0 Å². The van der Waals surface area contributed by atoms with Crippen LogP contribution in [0.15, 0.2) is 18.2 Å². The summed E-state index contributed by atoms with van der Waals surface area (Å²) in [4.78, 5) is 2.01. The Kier molecular flexibility index (Phi) is 5.21. The van der Waals surface area contributed by atoms with Gasteiger partial charge in [0.2, 0.25) is 0 Å². The second-order valence-electron chi connectivity index (χ2n) is 4.90. The fourth-order valence-electron chi connectivity index (χ4n) is 2.47. The van der Waals surface area contributed by atoms with Crippen molar-refractivity contribution in [1.29, 1.82) is 5.26 Å². The predicted octanol–water partition coefficient (Wildman–Crippen LogP) is 2.58. The third-order valence-corrected chi connectivity index (χ3v) is 3.44. The number of rotatable bonds is 4. The molecule has 0 aliphatic carbocycles. The molecule has 1 aromatic rings. The molecule has 1 atom stereocenters. The van der Waals surface area contributed by atoms with Crippen LogP contribution in [-0.2, 0) is 0 Å². The van der Waals surface area contributed by atoms with Gasteiger partial charge in [-0.3, -0.25) is 4.90 Å². The van der Waals surface area contributed by atoms with Crippen molar-refractivity contribution in [3.05, 3.63) is 29.6 Å². The molecule has 1 aromatic carbocycles. The normalized spacial score (nSPS) is 17.8. The van der Waals surface area contributed by atoms with Gasteiger partial charge in [-0.1, -0.05) is 6.07 Å². The highest BCUT2D eigenvalue weighted by Gasteiger charge is 2.32. The van der Waals surface area contributed by atoms with Gasteiger partial charge in [0, 0.05) is 32.2 Å². The van der Waals surface area contributed by atoms with Gasteiger partial charge in [0.05, 0.1) is 12.5 Å². The van der Waals surface area contributed by atoms with Crippen molar-refractivity contribution >= 4 is 0 Å². The van der Waals surface area contributed by atoms with Crippen molar-refractivity contribution in [3.63, 3.8) is 0 Å². The first-order valence-electron chi connectivity index (χ1n) is 6.77. The predicted molar refractivity (Wildman–Crippen MR) is 70.5 cm³/mol. The number of hydrogen-bond acceptors (Lipinski definition) is 4. The van der Waals surface area contributed by atoms with E-state index in [2.05, 4.69) is 10.1 Å². The minimum absolute atomic E-state index is 0.138. The molecule has 2 rings (SSSR count). The van der Waals surface area contributed by atoms with Crippen LogP contribution in [0.25, 0.3) is 0 Å². The maximum absolute atomic E-state index is 13.8. The number of hydrogen-bond donors (Lipinski definition) is 1. The van der Waals surface area contributed by atoms with Crippen molar-refractivity contribution in [2.75, 3.05) is 26.2 Å². The summed E-state index contributed by atoms with van der Waals surface area (Å²) in [6.07, 6.45) is -4.80. The quantitative estimate of drug-likeness (QED) is 0.867. The zero-order valence-corrected chi connectivity index (χ0v) is 11.7. The largest absolute Gasteiger partial charge is 0.573 e. The fraction of sp³-hybridized carbons (Fsp3) is 0.500. The van der Waals surface area contributed by atoms with Gasteiger partial charge in [-0.05, 0) is 17.7 Å². The highest BCUT2D eigenvalue weighted by molar-refractivity contribution is 5.31. The average Bonchev–Trinajstić information content (AvgIpc) is 2.47. The standard InChI is InChI=1S/C14H15F4N3O/c15-11-9-10(1-2-13(11)22-14(16,17)18)12(3-4-19)21-7-5-20-6-8-21/h1-2,9,12,20H,3,5-8H2/t12-/m0/s1. The molecular weight excluding hydrogens is 302 g/mol. The Balaban J connectivity index is 2.21. The second-order valence-corrected chi connectivity index (χ2v) is 4.90. The molecule has 0 unspecified atom stereocenters. The molecule has 1 saturated heterocycles. The lowest BCUT2D eigenvalue weighted by atomic mass is 10.0. The molecule has 0 spiro atoms. The number of benzene rings is 1. The molecule has 1 aliphatic rings. The summed E-state index contributed by atoms with van der Waals surface area (Å²) >= 11 is 0. The number of ether oxygens (including phenoxy) is 1. The van der Waals surface area contributed by atoms with Gasteiger partial charge in [-0.2, -0.15) is 5.26 Å². The number of nitrogens with zero attached hydrogens (tertiary/aromatic N) is 2. The van der Waals surface area contributed by atoms with Crippen LogP contribution in [0.4, 0.5) is 17.6 Å². The van der Waals surface area contributed by atoms with Crippen molar-refractivity contribution in [3.8, 4) is 11.8 Å². The summed E-state index contributed by atoms with van der Waals surface area (Å²) < 4.78 is 53.9. The molecule has 22 heavy (non-hydrogen) atoms. The van der Waals surface area contributed by atoms with Gasteiger partial charge in [0.25, 0.3) is 0 Å². The maximum atomic E-state index is 13.8. The Morgan fingerprint density at radius 2 is 2.00 bits per heavy atom. The molecule has 0 aromatic heterocycles. The Morgan fingerprint density at radius 1 is 1.32 bits per heavy atom. The molecule has 1 aliphatic heterocycles. The summed E-state index contributed by atoms with van der Waals surface area (Å²) in [7, 11) is 0. The maximum Gasteiger partial charge on any atom is 0.573 e. The summed E-state index contributed by atoms with van der Waals surface area (Å²) in [6.45, 7) is 2.88. The minimum Gasteiger partial charge on any atom is -0.403 e. The lowest BCUT2D eigenvalue weighted by Crippen LogP contribution is -2.45. The van der Waals surface area contributed by atoms with Crippen molar-refractivity contribution in [2.45, 2.75) is 18.8 Å². The Labute approximate surface area is 125 Å². The third kappa shape index (κ3) is 4.32. The molecule has 0 bridgehead atoms. The molecule has 1 N–H and O–H groups in total. The first kappa shape index (κ1) is 16.5. The summed E-state index contributed by atoms with van der Waals surface area (Å²) in [5, 5.41) is 12.1. The van der Waals surface area contributed by atoms with Crippen LogP contribution < -0.4 is 10.1 Å². The van der Waals surface area contributed by atoms with E-state index in [-0.39, 0.29) is 12.5 Å². The van der Waals surface area contributed by atoms with Crippen LogP contribution in [0, 0.1) is 17.1 Å². The molecule has 0 saturated carbocycles. The zero-order chi connectivity index (χ0) is 16.2. The summed E-state index contributed by atoms with van der Waals surface area (Å²) in [6, 6.07) is 5.02. The van der Waals surface area contributed by atoms with Gasteiger partial charge in [0.1, 0.15) is 0 Å². The van der Waals surface area contributed by atoms with Gasteiger partial charge in [-0.15, -0.1) is 13.2 Å². The third-order valence-electron chi connectivity index (χ3n) is 3.44. The zero-order valence-electron chi connectivity index (χ0n) is 11.7. The molecule has 4 nitrogen and oxygen atoms in total. The fourth-order valence-corrected chi connectivity index (χ4v) is 2.47. The van der Waals surface area contributed by atoms with Crippen LogP contribution >= 0.6 is 0 Å². The van der Waals surface area contributed by atoms with E-state index in [0.29, 0.717) is 18.7 Å². The van der Waals surface area contributed by atoms with Crippen molar-refractivity contribution < 1.29 is 22.3 Å². The van der Waals surface area contributed by atoms with Gasteiger partial charge in [-0.25, -0.2) is 4.39 Å². The van der Waals surface area contributed by atoms with Crippen LogP contribution in [0.3, 0.4) is 0 Å². The van der Waals surface area contributed by atoms with E-state index in [4.69, 9.17) is 5.26 Å². The highest BCUT2D eigenvalue weighted by Crippen LogP contribution is 2.30. The van der Waals surface area contributed by atoms with E-state index >= 15 is 0 Å². The van der Waals surface area contributed by atoms with Crippen LogP contribution in [-0.4, -0.2) is 37.4 Å². The van der Waals surface area contributed by atoms with Gasteiger partial charge in [0.15, 0.2) is 11.6 Å². The number of halogens is 4. The topological polar surface area (TPSA) is 48.3 Å². The molecule has 0 amide bonds. The van der Waals surface area contributed by atoms with Crippen LogP contribution in [0.5, 0.6) is 5.75 Å². The lowest BCUT2D eigenvalue weighted by molar-refractivity contribution is -0.275. The Bertz CT molecular complexity index is 550. The Hall–Kier alpha value is -1.85. The number of nitriles is 1. The number of nitrogens with one attached hydrogen (secondary N) is 1. The van der Waals surface area contributed by atoms with E-state index in [9.17, 15) is 17.6 Å². The lowest BCUT2D eigenvalue weighted by Gasteiger charge is -2.34. The number of piperazine rings is 1. The highest BCUT2D eigenvalue weighted by atomic mass is 19.4. The van der Waals surface area contributed by atoms with E-state index in [1.807, 2.05) is 11.0 Å². The van der Waals surface area contributed by atoms with Crippen molar-refractivity contribution in [2.24, 2.45) is 0 Å². The molecule has 1 fully saturated rings. The first-order valence-corrected chi connectivity index (χ1v) is 6.77. The van der Waals surface area contributed by atoms with E-state index in [0.717, 1.165) is 25.2 Å². The van der Waals surface area contributed by atoms with E-state index in [1.54, 1.807) is 0 Å². The van der Waals surface area contributed by atoms with Crippen molar-refractivity contribution in [1.82, 2.24) is 10.2 Å². The number of alkyl halides is 3. The van der Waals surface area contributed by atoms with Crippen LogP contribution in [0.1, 0.15) is 18.0 Å².